The molecule has 1 radical (unpaired) electrons. The van der Waals surface area contributed by atoms with E-state index in [1.165, 1.54) is 45.1 Å². The molecule has 0 aromatic carbocycles. The monoisotopic (exact) mass is 165 g/mol. The zero-order valence-electron chi connectivity index (χ0n) is 7.50. The number of aliphatic hydroxyl groups excluding tert-OH is 1. The molecule has 0 aromatic heterocycles. The van der Waals surface area contributed by atoms with Crippen molar-refractivity contribution in [2.75, 3.05) is 0 Å². The Balaban J connectivity index is 1.90. The van der Waals surface area contributed by atoms with Gasteiger partial charge in [0, 0.05) is 0 Å². The zero-order chi connectivity index (χ0) is 8.18. The fraction of sp³-hybridized carbons (Fsp3) is 0.909. The second-order valence-corrected chi connectivity index (χ2v) is 5.41. The van der Waals surface area contributed by atoms with E-state index >= 15 is 0 Å². The van der Waals surface area contributed by atoms with Gasteiger partial charge in [0.2, 0.25) is 0 Å². The lowest BCUT2D eigenvalue weighted by atomic mass is 9.50. The van der Waals surface area contributed by atoms with Crippen molar-refractivity contribution in [1.29, 1.82) is 0 Å². The van der Waals surface area contributed by atoms with Crippen molar-refractivity contribution < 1.29 is 5.11 Å². The van der Waals surface area contributed by atoms with Gasteiger partial charge in [0.1, 0.15) is 0 Å². The molecule has 1 nitrogen and oxygen atoms in total. The maximum Gasteiger partial charge on any atom is 0.0860 e. The zero-order valence-corrected chi connectivity index (χ0v) is 7.50. The van der Waals surface area contributed by atoms with Gasteiger partial charge in [0.25, 0.3) is 0 Å². The molecular formula is C11H17O. The molecule has 4 rings (SSSR count). The molecule has 0 aromatic rings. The molecular weight excluding hydrogens is 148 g/mol. The van der Waals surface area contributed by atoms with Gasteiger partial charge >= 0.3 is 0 Å². The van der Waals surface area contributed by atoms with Crippen molar-refractivity contribution in [2.24, 2.45) is 23.2 Å². The lowest BCUT2D eigenvalue weighted by Crippen LogP contribution is -2.46. The Labute approximate surface area is 74.2 Å². The predicted molar refractivity (Wildman–Crippen MR) is 46.8 cm³/mol. The van der Waals surface area contributed by atoms with Crippen LogP contribution < -0.4 is 0 Å². The standard InChI is InChI=1S/C11H17O/c12-7-11-4-8-1-9(5-11)3-10(2-8)6-11/h7-10,12H,1-6H2. The van der Waals surface area contributed by atoms with E-state index in [1.807, 2.05) is 0 Å². The maximum atomic E-state index is 9.31. The van der Waals surface area contributed by atoms with Crippen LogP contribution in [-0.4, -0.2) is 5.11 Å². The second-order valence-electron chi connectivity index (χ2n) is 5.41. The molecule has 4 saturated carbocycles. The molecule has 0 aliphatic heterocycles. The summed E-state index contributed by atoms with van der Waals surface area (Å²) < 4.78 is 0. The van der Waals surface area contributed by atoms with Gasteiger partial charge in [-0.2, -0.15) is 0 Å². The van der Waals surface area contributed by atoms with Crippen molar-refractivity contribution in [3.05, 3.63) is 6.61 Å². The summed E-state index contributed by atoms with van der Waals surface area (Å²) in [6, 6.07) is 0. The first-order valence-electron chi connectivity index (χ1n) is 5.28. The molecule has 4 fully saturated rings. The third-order valence-corrected chi connectivity index (χ3v) is 4.36. The largest absolute Gasteiger partial charge is 0.390 e. The highest BCUT2D eigenvalue weighted by molar-refractivity contribution is 5.04. The molecule has 1 N–H and O–H groups in total. The topological polar surface area (TPSA) is 20.2 Å². The summed E-state index contributed by atoms with van der Waals surface area (Å²) in [5.74, 6) is 2.87. The molecule has 0 atom stereocenters. The summed E-state index contributed by atoms with van der Waals surface area (Å²) in [6.45, 7) is 1.54. The average molecular weight is 165 g/mol. The smallest absolute Gasteiger partial charge is 0.0860 e. The minimum Gasteiger partial charge on any atom is -0.390 e. The summed E-state index contributed by atoms with van der Waals surface area (Å²) >= 11 is 0. The third-order valence-electron chi connectivity index (χ3n) is 4.36. The van der Waals surface area contributed by atoms with Crippen molar-refractivity contribution in [2.45, 2.75) is 38.5 Å². The summed E-state index contributed by atoms with van der Waals surface area (Å²) in [5.41, 5.74) is 0.273. The highest BCUT2D eigenvalue weighted by Gasteiger charge is 2.50. The van der Waals surface area contributed by atoms with Crippen LogP contribution >= 0.6 is 0 Å². The summed E-state index contributed by atoms with van der Waals surface area (Å²) in [5, 5.41) is 9.31. The normalized spacial score (nSPS) is 56.2. The predicted octanol–water partition coefficient (Wildman–Crippen LogP) is 2.74. The SMILES string of the molecule is O[CH]C12CC3CC(CC(C3)C1)C2. The Hall–Kier alpha value is -0.0400. The van der Waals surface area contributed by atoms with Crippen LogP contribution in [0.25, 0.3) is 0 Å². The summed E-state index contributed by atoms with van der Waals surface area (Å²) in [6.07, 6.45) is 8.26. The third kappa shape index (κ3) is 0.891. The molecule has 4 bridgehead atoms. The first-order valence-corrected chi connectivity index (χ1v) is 5.28. The first kappa shape index (κ1) is 7.37. The first-order chi connectivity index (χ1) is 5.80. The van der Waals surface area contributed by atoms with Gasteiger partial charge in [0.05, 0.1) is 6.61 Å². The van der Waals surface area contributed by atoms with Crippen LogP contribution in [0.3, 0.4) is 0 Å². The Morgan fingerprint density at radius 3 is 1.67 bits per heavy atom. The maximum absolute atomic E-state index is 9.31. The van der Waals surface area contributed by atoms with E-state index in [2.05, 4.69) is 0 Å². The Bertz CT molecular complexity index is 162. The summed E-state index contributed by atoms with van der Waals surface area (Å²) in [7, 11) is 0. The van der Waals surface area contributed by atoms with Crippen molar-refractivity contribution in [3.8, 4) is 0 Å². The van der Waals surface area contributed by atoms with E-state index in [0.717, 1.165) is 17.8 Å². The highest BCUT2D eigenvalue weighted by Crippen LogP contribution is 2.60. The lowest BCUT2D eigenvalue weighted by Gasteiger charge is -2.55. The number of hydrogen-bond donors (Lipinski definition) is 1. The van der Waals surface area contributed by atoms with E-state index in [-0.39, 0.29) is 5.41 Å². The van der Waals surface area contributed by atoms with Crippen LogP contribution in [-0.2, 0) is 0 Å². The fourth-order valence-electron chi connectivity index (χ4n) is 4.34. The molecule has 0 unspecified atom stereocenters. The average Bonchev–Trinajstić information content (AvgIpc) is 2.02. The van der Waals surface area contributed by atoms with E-state index in [1.54, 1.807) is 0 Å². The van der Waals surface area contributed by atoms with Crippen LogP contribution in [0.4, 0.5) is 0 Å². The molecule has 67 valence electrons. The molecule has 1 heteroatoms. The highest BCUT2D eigenvalue weighted by atomic mass is 16.3. The molecule has 4 aliphatic rings. The molecule has 0 saturated heterocycles. The van der Waals surface area contributed by atoms with Crippen LogP contribution in [0.2, 0.25) is 0 Å². The van der Waals surface area contributed by atoms with E-state index in [9.17, 15) is 5.11 Å². The van der Waals surface area contributed by atoms with Crippen LogP contribution in [0, 0.1) is 29.8 Å². The number of rotatable bonds is 1. The molecule has 0 spiro atoms. The van der Waals surface area contributed by atoms with E-state index < -0.39 is 0 Å². The van der Waals surface area contributed by atoms with Crippen molar-refractivity contribution in [3.63, 3.8) is 0 Å². The quantitative estimate of drug-likeness (QED) is 0.633. The van der Waals surface area contributed by atoms with E-state index in [0.29, 0.717) is 0 Å². The van der Waals surface area contributed by atoms with Gasteiger partial charge in [-0.1, -0.05) is 0 Å². The van der Waals surface area contributed by atoms with Crippen molar-refractivity contribution in [1.82, 2.24) is 0 Å². The molecule has 12 heavy (non-hydrogen) atoms. The fourth-order valence-corrected chi connectivity index (χ4v) is 4.34. The van der Waals surface area contributed by atoms with Gasteiger partial charge in [-0.05, 0) is 61.7 Å². The van der Waals surface area contributed by atoms with Crippen molar-refractivity contribution >= 4 is 0 Å². The van der Waals surface area contributed by atoms with E-state index in [4.69, 9.17) is 0 Å². The van der Waals surface area contributed by atoms with Gasteiger partial charge in [0.15, 0.2) is 0 Å². The Kier molecular flexibility index (Phi) is 1.39. The van der Waals surface area contributed by atoms with Gasteiger partial charge in [-0.3, -0.25) is 0 Å². The van der Waals surface area contributed by atoms with Gasteiger partial charge < -0.3 is 5.11 Å². The Morgan fingerprint density at radius 2 is 1.33 bits per heavy atom. The van der Waals surface area contributed by atoms with Crippen LogP contribution in [0.5, 0.6) is 0 Å². The minimum atomic E-state index is 0.273. The minimum absolute atomic E-state index is 0.273. The molecule has 4 aliphatic carbocycles. The second kappa shape index (κ2) is 2.25. The van der Waals surface area contributed by atoms with Crippen LogP contribution in [0.15, 0.2) is 0 Å². The summed E-state index contributed by atoms with van der Waals surface area (Å²) in [4.78, 5) is 0. The lowest BCUT2D eigenvalue weighted by molar-refractivity contribution is -0.0548. The molecule has 0 heterocycles. The van der Waals surface area contributed by atoms with Gasteiger partial charge in [-0.15, -0.1) is 0 Å². The van der Waals surface area contributed by atoms with Crippen LogP contribution in [0.1, 0.15) is 38.5 Å². The number of aliphatic hydroxyl groups is 1. The Morgan fingerprint density at radius 1 is 0.917 bits per heavy atom. The molecule has 0 amide bonds. The van der Waals surface area contributed by atoms with Gasteiger partial charge in [-0.25, -0.2) is 0 Å². The number of hydrogen-bond acceptors (Lipinski definition) is 1.